The molecule has 1 amide bonds. The van der Waals surface area contributed by atoms with E-state index in [2.05, 4.69) is 5.32 Å². The highest BCUT2D eigenvalue weighted by molar-refractivity contribution is 5.84. The standard InChI is InChI=1S/C10H20N2O4/c1-9(2,3)6(11)7(13)12-5-10(4,16)8(14)15/h6,16H,5,11H2,1-4H3,(H,12,13)(H,14,15)/t6-,10?/m1/s1. The fourth-order valence-electron chi connectivity index (χ4n) is 0.838. The molecule has 0 aromatic carbocycles. The molecule has 0 saturated heterocycles. The number of amides is 1. The summed E-state index contributed by atoms with van der Waals surface area (Å²) in [4.78, 5) is 22.1. The van der Waals surface area contributed by atoms with E-state index >= 15 is 0 Å². The first-order valence-corrected chi connectivity index (χ1v) is 4.97. The number of rotatable bonds is 4. The maximum absolute atomic E-state index is 11.5. The van der Waals surface area contributed by atoms with Crippen LogP contribution >= 0.6 is 0 Å². The fourth-order valence-corrected chi connectivity index (χ4v) is 0.838. The van der Waals surface area contributed by atoms with Crippen molar-refractivity contribution in [2.24, 2.45) is 11.1 Å². The van der Waals surface area contributed by atoms with Crippen LogP contribution in [0.25, 0.3) is 0 Å². The lowest BCUT2D eigenvalue weighted by molar-refractivity contribution is -0.156. The number of nitrogens with two attached hydrogens (primary N) is 1. The normalized spacial score (nSPS) is 17.4. The number of carbonyl (C=O) groups excluding carboxylic acids is 1. The average molecular weight is 232 g/mol. The lowest BCUT2D eigenvalue weighted by Gasteiger charge is -2.27. The quantitative estimate of drug-likeness (QED) is 0.512. The number of nitrogens with one attached hydrogen (secondary N) is 1. The average Bonchev–Trinajstić information content (AvgIpc) is 2.11. The third kappa shape index (κ3) is 4.16. The van der Waals surface area contributed by atoms with Crippen molar-refractivity contribution in [2.75, 3.05) is 6.54 Å². The third-order valence-electron chi connectivity index (χ3n) is 2.28. The van der Waals surface area contributed by atoms with Gasteiger partial charge in [0.1, 0.15) is 0 Å². The Bertz CT molecular complexity index is 281. The Morgan fingerprint density at radius 3 is 2.06 bits per heavy atom. The highest BCUT2D eigenvalue weighted by Gasteiger charge is 2.33. The molecule has 0 aromatic rings. The Morgan fingerprint density at radius 1 is 1.31 bits per heavy atom. The molecule has 0 aliphatic carbocycles. The predicted octanol–water partition coefficient (Wildman–Crippen LogP) is -0.688. The van der Waals surface area contributed by atoms with Crippen molar-refractivity contribution in [3.63, 3.8) is 0 Å². The van der Waals surface area contributed by atoms with Gasteiger partial charge in [-0.05, 0) is 12.3 Å². The van der Waals surface area contributed by atoms with E-state index in [1.165, 1.54) is 0 Å². The highest BCUT2D eigenvalue weighted by Crippen LogP contribution is 2.17. The van der Waals surface area contributed by atoms with Crippen LogP contribution in [0.2, 0.25) is 0 Å². The van der Waals surface area contributed by atoms with Gasteiger partial charge in [0.2, 0.25) is 5.91 Å². The molecule has 5 N–H and O–H groups in total. The van der Waals surface area contributed by atoms with E-state index in [-0.39, 0.29) is 6.54 Å². The number of hydrogen-bond donors (Lipinski definition) is 4. The minimum atomic E-state index is -1.98. The van der Waals surface area contributed by atoms with E-state index in [9.17, 15) is 14.7 Å². The molecule has 6 heteroatoms. The smallest absolute Gasteiger partial charge is 0.337 e. The van der Waals surface area contributed by atoms with Crippen molar-refractivity contribution in [1.82, 2.24) is 5.32 Å². The summed E-state index contributed by atoms with van der Waals surface area (Å²) >= 11 is 0. The maximum atomic E-state index is 11.5. The SMILES string of the molecule is CC(O)(CNC(=O)[C@@H](N)C(C)(C)C)C(=O)O. The predicted molar refractivity (Wildman–Crippen MR) is 58.7 cm³/mol. The Kier molecular flexibility index (Phi) is 4.45. The van der Waals surface area contributed by atoms with Crippen LogP contribution in [0.4, 0.5) is 0 Å². The number of aliphatic carboxylic acids is 1. The summed E-state index contributed by atoms with van der Waals surface area (Å²) in [5, 5.41) is 20.3. The summed E-state index contributed by atoms with van der Waals surface area (Å²) in [6, 6.07) is -0.753. The first kappa shape index (κ1) is 14.9. The molecule has 94 valence electrons. The van der Waals surface area contributed by atoms with Gasteiger partial charge in [0.05, 0.1) is 12.6 Å². The van der Waals surface area contributed by atoms with Crippen molar-refractivity contribution in [3.05, 3.63) is 0 Å². The lowest BCUT2D eigenvalue weighted by atomic mass is 9.87. The van der Waals surface area contributed by atoms with Crippen LogP contribution in [0.3, 0.4) is 0 Å². The van der Waals surface area contributed by atoms with Crippen LogP contribution in [0, 0.1) is 5.41 Å². The van der Waals surface area contributed by atoms with Crippen LogP contribution in [-0.2, 0) is 9.59 Å². The van der Waals surface area contributed by atoms with Crippen LogP contribution < -0.4 is 11.1 Å². The van der Waals surface area contributed by atoms with Crippen LogP contribution in [0.1, 0.15) is 27.7 Å². The minimum absolute atomic E-state index is 0.370. The van der Waals surface area contributed by atoms with Crippen molar-refractivity contribution in [1.29, 1.82) is 0 Å². The van der Waals surface area contributed by atoms with Gasteiger partial charge in [0.15, 0.2) is 5.60 Å². The van der Waals surface area contributed by atoms with E-state index in [1.807, 2.05) is 0 Å². The van der Waals surface area contributed by atoms with Crippen molar-refractivity contribution < 1.29 is 19.8 Å². The largest absolute Gasteiger partial charge is 0.479 e. The molecular formula is C10H20N2O4. The molecule has 0 radical (unpaired) electrons. The molecule has 0 spiro atoms. The van der Waals surface area contributed by atoms with E-state index in [0.29, 0.717) is 0 Å². The van der Waals surface area contributed by atoms with Gasteiger partial charge in [-0.15, -0.1) is 0 Å². The molecule has 0 aliphatic rings. The van der Waals surface area contributed by atoms with Crippen molar-refractivity contribution in [3.8, 4) is 0 Å². The molecule has 0 aromatic heterocycles. The van der Waals surface area contributed by atoms with Gasteiger partial charge < -0.3 is 21.3 Å². The Balaban J connectivity index is 4.34. The second kappa shape index (κ2) is 4.80. The monoisotopic (exact) mass is 232 g/mol. The first-order valence-electron chi connectivity index (χ1n) is 4.97. The molecule has 16 heavy (non-hydrogen) atoms. The highest BCUT2D eigenvalue weighted by atomic mass is 16.4. The van der Waals surface area contributed by atoms with Gasteiger partial charge in [0.25, 0.3) is 0 Å². The summed E-state index contributed by atoms with van der Waals surface area (Å²) in [6.45, 7) is 6.13. The molecule has 2 atom stereocenters. The van der Waals surface area contributed by atoms with Crippen molar-refractivity contribution in [2.45, 2.75) is 39.3 Å². The number of carbonyl (C=O) groups is 2. The van der Waals surface area contributed by atoms with Crippen LogP contribution in [0.5, 0.6) is 0 Å². The zero-order chi connectivity index (χ0) is 13.1. The van der Waals surface area contributed by atoms with Crippen molar-refractivity contribution >= 4 is 11.9 Å². The molecule has 6 nitrogen and oxygen atoms in total. The first-order chi connectivity index (χ1) is 6.98. The lowest BCUT2D eigenvalue weighted by Crippen LogP contribution is -2.53. The Hall–Kier alpha value is -1.14. The number of aliphatic hydroxyl groups is 1. The molecule has 0 heterocycles. The topological polar surface area (TPSA) is 113 Å². The summed E-state index contributed by atoms with van der Waals surface area (Å²) < 4.78 is 0. The number of carboxylic acids is 1. The van der Waals surface area contributed by atoms with Gasteiger partial charge in [-0.2, -0.15) is 0 Å². The third-order valence-corrected chi connectivity index (χ3v) is 2.28. The van der Waals surface area contributed by atoms with E-state index < -0.39 is 28.9 Å². The Labute approximate surface area is 94.8 Å². The molecule has 0 rings (SSSR count). The molecule has 0 aliphatic heterocycles. The minimum Gasteiger partial charge on any atom is -0.479 e. The zero-order valence-electron chi connectivity index (χ0n) is 10.1. The van der Waals surface area contributed by atoms with E-state index in [4.69, 9.17) is 10.8 Å². The number of hydrogen-bond acceptors (Lipinski definition) is 4. The summed E-state index contributed by atoms with van der Waals surface area (Å²) in [7, 11) is 0. The second-order valence-corrected chi connectivity index (χ2v) is 5.14. The Morgan fingerprint density at radius 2 is 1.75 bits per heavy atom. The number of carboxylic acid groups (broad SMARTS) is 1. The van der Waals surface area contributed by atoms with Gasteiger partial charge >= 0.3 is 5.97 Å². The van der Waals surface area contributed by atoms with Gasteiger partial charge in [-0.1, -0.05) is 20.8 Å². The molecule has 0 bridgehead atoms. The van der Waals surface area contributed by atoms with Crippen LogP contribution in [-0.4, -0.2) is 40.3 Å². The molecule has 0 saturated carbocycles. The second-order valence-electron chi connectivity index (χ2n) is 5.14. The van der Waals surface area contributed by atoms with Gasteiger partial charge in [0, 0.05) is 0 Å². The maximum Gasteiger partial charge on any atom is 0.337 e. The molecule has 1 unspecified atom stereocenters. The summed E-state index contributed by atoms with van der Waals surface area (Å²) in [5.41, 5.74) is 3.26. The van der Waals surface area contributed by atoms with Crippen LogP contribution in [0.15, 0.2) is 0 Å². The fraction of sp³-hybridized carbons (Fsp3) is 0.800. The van der Waals surface area contributed by atoms with Gasteiger partial charge in [-0.3, -0.25) is 4.79 Å². The van der Waals surface area contributed by atoms with E-state index in [0.717, 1.165) is 6.92 Å². The summed E-state index contributed by atoms with van der Waals surface area (Å²) in [6.07, 6.45) is 0. The molecular weight excluding hydrogens is 212 g/mol. The van der Waals surface area contributed by atoms with Gasteiger partial charge in [-0.25, -0.2) is 4.79 Å². The van der Waals surface area contributed by atoms with E-state index in [1.54, 1.807) is 20.8 Å². The molecule has 0 fully saturated rings. The zero-order valence-corrected chi connectivity index (χ0v) is 10.1. The summed E-state index contributed by atoms with van der Waals surface area (Å²) in [5.74, 6) is -1.87.